The molecule has 0 saturated heterocycles. The fourth-order valence-electron chi connectivity index (χ4n) is 3.12. The number of anilines is 2. The minimum absolute atomic E-state index is 0.228. The highest BCUT2D eigenvalue weighted by Gasteiger charge is 2.29. The number of para-hydroxylation sites is 1. The second kappa shape index (κ2) is 4.91. The lowest BCUT2D eigenvalue weighted by atomic mass is 10.0. The molecule has 0 spiro atoms. The van der Waals surface area contributed by atoms with Crippen LogP contribution in [0.5, 0.6) is 0 Å². The Morgan fingerprint density at radius 3 is 2.60 bits per heavy atom. The van der Waals surface area contributed by atoms with Crippen LogP contribution in [0.15, 0.2) is 42.5 Å². The second-order valence-corrected chi connectivity index (χ2v) is 5.51. The summed E-state index contributed by atoms with van der Waals surface area (Å²) in [6.07, 6.45) is 0.977. The third-order valence-corrected chi connectivity index (χ3v) is 3.95. The van der Waals surface area contributed by atoms with Crippen molar-refractivity contribution in [2.24, 2.45) is 5.73 Å². The second-order valence-electron chi connectivity index (χ2n) is 5.51. The topological polar surface area (TPSA) is 29.3 Å². The van der Waals surface area contributed by atoms with Gasteiger partial charge in [0.2, 0.25) is 0 Å². The molecule has 0 fully saturated rings. The fraction of sp³-hybridized carbons (Fsp3) is 0.294. The van der Waals surface area contributed by atoms with E-state index in [2.05, 4.69) is 24.0 Å². The van der Waals surface area contributed by atoms with Gasteiger partial charge in [0.05, 0.1) is 0 Å². The number of hydrogen-bond donors (Lipinski definition) is 1. The molecule has 3 rings (SSSR count). The predicted molar refractivity (Wildman–Crippen MR) is 80.7 cm³/mol. The van der Waals surface area contributed by atoms with Gasteiger partial charge in [-0.15, -0.1) is 0 Å². The third-order valence-electron chi connectivity index (χ3n) is 3.95. The highest BCUT2D eigenvalue weighted by atomic mass is 19.1. The molecule has 1 aliphatic rings. The Kier molecular flexibility index (Phi) is 3.22. The van der Waals surface area contributed by atoms with E-state index < -0.39 is 0 Å². The molecule has 3 heteroatoms. The van der Waals surface area contributed by atoms with Crippen LogP contribution in [0.25, 0.3) is 0 Å². The Bertz CT molecular complexity index is 637. The van der Waals surface area contributed by atoms with E-state index in [-0.39, 0.29) is 11.9 Å². The molecule has 2 aromatic carbocycles. The van der Waals surface area contributed by atoms with E-state index in [1.165, 1.54) is 11.6 Å². The monoisotopic (exact) mass is 270 g/mol. The summed E-state index contributed by atoms with van der Waals surface area (Å²) in [6, 6.07) is 13.5. The van der Waals surface area contributed by atoms with E-state index >= 15 is 0 Å². The zero-order valence-electron chi connectivity index (χ0n) is 11.8. The molecule has 20 heavy (non-hydrogen) atoms. The van der Waals surface area contributed by atoms with Crippen LogP contribution < -0.4 is 10.6 Å². The number of hydrogen-bond acceptors (Lipinski definition) is 2. The lowest BCUT2D eigenvalue weighted by Gasteiger charge is -2.28. The summed E-state index contributed by atoms with van der Waals surface area (Å²) in [5.74, 6) is -0.228. The summed E-state index contributed by atoms with van der Waals surface area (Å²) in [4.78, 5) is 2.21. The van der Waals surface area contributed by atoms with Crippen LogP contribution in [0.2, 0.25) is 0 Å². The molecule has 0 aromatic heterocycles. The molecule has 1 heterocycles. The maximum absolute atomic E-state index is 14.2. The highest BCUT2D eigenvalue weighted by molar-refractivity contribution is 5.73. The van der Waals surface area contributed by atoms with Gasteiger partial charge < -0.3 is 10.6 Å². The van der Waals surface area contributed by atoms with Crippen molar-refractivity contribution in [3.05, 3.63) is 59.4 Å². The van der Waals surface area contributed by atoms with Gasteiger partial charge in [0.25, 0.3) is 0 Å². The quantitative estimate of drug-likeness (QED) is 0.896. The molecule has 0 bridgehead atoms. The maximum atomic E-state index is 14.2. The van der Waals surface area contributed by atoms with Gasteiger partial charge in [0.15, 0.2) is 0 Å². The van der Waals surface area contributed by atoms with Gasteiger partial charge in [-0.05, 0) is 44.0 Å². The minimum Gasteiger partial charge on any atom is -0.338 e. The molecule has 2 N–H and O–H groups in total. The number of fused-ring (bicyclic) bond motifs is 1. The Balaban J connectivity index is 2.17. The number of halogens is 1. The first-order chi connectivity index (χ1) is 9.59. The van der Waals surface area contributed by atoms with Crippen molar-refractivity contribution >= 4 is 11.4 Å². The molecule has 1 aliphatic heterocycles. The molecule has 2 atom stereocenters. The van der Waals surface area contributed by atoms with E-state index in [9.17, 15) is 4.39 Å². The van der Waals surface area contributed by atoms with Crippen LogP contribution in [0.3, 0.4) is 0 Å². The van der Waals surface area contributed by atoms with Crippen LogP contribution in [-0.2, 0) is 6.42 Å². The molecule has 2 aromatic rings. The molecule has 0 aliphatic carbocycles. The van der Waals surface area contributed by atoms with Crippen LogP contribution >= 0.6 is 0 Å². The molecule has 0 amide bonds. The highest BCUT2D eigenvalue weighted by Crippen LogP contribution is 2.41. The first-order valence-corrected chi connectivity index (χ1v) is 7.00. The van der Waals surface area contributed by atoms with Gasteiger partial charge in [-0.2, -0.15) is 0 Å². The lowest BCUT2D eigenvalue weighted by molar-refractivity contribution is 0.591. The Labute approximate surface area is 119 Å². The standard InChI is InChI=1S/C17H19FN2/c1-11-10-13-6-3-4-8-15(13)20(11)16-9-5-7-14(18)17(16)12(2)19/h3-9,11-12H,10,19H2,1-2H3/t11?,12-/m0/s1. The number of nitrogens with two attached hydrogens (primary N) is 1. The van der Waals surface area contributed by atoms with Crippen LogP contribution in [0.4, 0.5) is 15.8 Å². The molecule has 104 valence electrons. The van der Waals surface area contributed by atoms with Crippen LogP contribution in [0, 0.1) is 5.82 Å². The zero-order chi connectivity index (χ0) is 14.3. The summed E-state index contributed by atoms with van der Waals surface area (Å²) in [6.45, 7) is 3.99. The van der Waals surface area contributed by atoms with Gasteiger partial charge in [0, 0.05) is 29.0 Å². The zero-order valence-corrected chi connectivity index (χ0v) is 11.8. The van der Waals surface area contributed by atoms with Gasteiger partial charge in [-0.3, -0.25) is 0 Å². The molecule has 0 saturated carbocycles. The van der Waals surface area contributed by atoms with Gasteiger partial charge in [-0.25, -0.2) is 4.39 Å². The first kappa shape index (κ1) is 13.1. The van der Waals surface area contributed by atoms with Crippen LogP contribution in [-0.4, -0.2) is 6.04 Å². The Morgan fingerprint density at radius 2 is 1.85 bits per heavy atom. The lowest BCUT2D eigenvalue weighted by Crippen LogP contribution is -2.26. The molecular formula is C17H19FN2. The average Bonchev–Trinajstić information content (AvgIpc) is 2.73. The van der Waals surface area contributed by atoms with E-state index in [1.54, 1.807) is 6.07 Å². The van der Waals surface area contributed by atoms with Crippen molar-refractivity contribution < 1.29 is 4.39 Å². The molecule has 2 nitrogen and oxygen atoms in total. The smallest absolute Gasteiger partial charge is 0.130 e. The molecular weight excluding hydrogens is 251 g/mol. The minimum atomic E-state index is -0.328. The van der Waals surface area contributed by atoms with E-state index in [0.29, 0.717) is 11.6 Å². The van der Waals surface area contributed by atoms with Gasteiger partial charge >= 0.3 is 0 Å². The van der Waals surface area contributed by atoms with E-state index in [0.717, 1.165) is 17.8 Å². The van der Waals surface area contributed by atoms with Crippen molar-refractivity contribution in [2.75, 3.05) is 4.90 Å². The van der Waals surface area contributed by atoms with E-state index in [4.69, 9.17) is 5.73 Å². The number of nitrogens with zero attached hydrogens (tertiary/aromatic N) is 1. The maximum Gasteiger partial charge on any atom is 0.130 e. The third kappa shape index (κ3) is 1.98. The van der Waals surface area contributed by atoms with Gasteiger partial charge in [-0.1, -0.05) is 24.3 Å². The first-order valence-electron chi connectivity index (χ1n) is 7.00. The molecule has 1 unspecified atom stereocenters. The summed E-state index contributed by atoms with van der Waals surface area (Å²) in [5.41, 5.74) is 9.93. The SMILES string of the molecule is CC1Cc2ccccc2N1c1cccc(F)c1[C@H](C)N. The number of rotatable bonds is 2. The van der Waals surface area contributed by atoms with E-state index in [1.807, 2.05) is 25.1 Å². The molecule has 0 radical (unpaired) electrons. The summed E-state index contributed by atoms with van der Waals surface area (Å²) in [5, 5.41) is 0. The van der Waals surface area contributed by atoms with Crippen molar-refractivity contribution in [2.45, 2.75) is 32.4 Å². The Morgan fingerprint density at radius 1 is 1.15 bits per heavy atom. The largest absolute Gasteiger partial charge is 0.338 e. The average molecular weight is 270 g/mol. The van der Waals surface area contributed by atoms with Crippen molar-refractivity contribution in [1.82, 2.24) is 0 Å². The summed E-state index contributed by atoms with van der Waals surface area (Å²) >= 11 is 0. The van der Waals surface area contributed by atoms with Crippen molar-refractivity contribution in [3.63, 3.8) is 0 Å². The van der Waals surface area contributed by atoms with Crippen LogP contribution in [0.1, 0.15) is 31.0 Å². The van der Waals surface area contributed by atoms with Crippen molar-refractivity contribution in [3.8, 4) is 0 Å². The summed E-state index contributed by atoms with van der Waals surface area (Å²) in [7, 11) is 0. The normalized spacial score (nSPS) is 19.0. The summed E-state index contributed by atoms with van der Waals surface area (Å²) < 4.78 is 14.2. The van der Waals surface area contributed by atoms with Gasteiger partial charge in [0.1, 0.15) is 5.82 Å². The van der Waals surface area contributed by atoms with Crippen molar-refractivity contribution in [1.29, 1.82) is 0 Å². The number of benzene rings is 2. The Hall–Kier alpha value is -1.87. The predicted octanol–water partition coefficient (Wildman–Crippen LogP) is 3.93. The fourth-order valence-corrected chi connectivity index (χ4v) is 3.12.